The highest BCUT2D eigenvalue weighted by atomic mass is 35.5. The summed E-state index contributed by atoms with van der Waals surface area (Å²) >= 11 is 7.62. The molecule has 0 bridgehead atoms. The van der Waals surface area contributed by atoms with Gasteiger partial charge in [-0.25, -0.2) is 4.79 Å². The number of ether oxygens (including phenoxy) is 2. The molecule has 0 radical (unpaired) electrons. The molecule has 1 saturated heterocycles. The minimum absolute atomic E-state index is 0.000588. The SMILES string of the molecule is CCc1c(N2CCN(C(=O)OC(C)(C)C)C(C)C2)c(=O)n2nc(-c3cc4c(s3)COCC4)nc2n1CC(=O)Nc1ccc(C(F)(F)F)cc1Cl. The molecule has 2 aliphatic rings. The van der Waals surface area contributed by atoms with E-state index in [1.807, 2.05) is 24.8 Å². The third-order valence-electron chi connectivity index (χ3n) is 8.47. The molecular formula is C33H37ClF3N7O5S. The minimum Gasteiger partial charge on any atom is -0.444 e. The van der Waals surface area contributed by atoms with Crippen LogP contribution in [0.5, 0.6) is 0 Å². The monoisotopic (exact) mass is 735 g/mol. The van der Waals surface area contributed by atoms with E-state index in [1.54, 1.807) is 30.2 Å². The summed E-state index contributed by atoms with van der Waals surface area (Å²) in [5, 5.41) is 6.96. The Morgan fingerprint density at radius 3 is 2.58 bits per heavy atom. The van der Waals surface area contributed by atoms with Crippen LogP contribution in [-0.4, -0.2) is 73.9 Å². The molecule has 1 aromatic carbocycles. The fourth-order valence-corrected chi connectivity index (χ4v) is 7.48. The lowest BCUT2D eigenvalue weighted by molar-refractivity contribution is -0.137. The Bertz CT molecular complexity index is 2000. The van der Waals surface area contributed by atoms with E-state index in [-0.39, 0.29) is 35.6 Å². The number of fused-ring (bicyclic) bond motifs is 2. The third-order valence-corrected chi connectivity index (χ3v) is 9.93. The summed E-state index contributed by atoms with van der Waals surface area (Å²) in [6, 6.07) is 4.36. The average Bonchev–Trinajstić information content (AvgIpc) is 3.67. The van der Waals surface area contributed by atoms with Crippen molar-refractivity contribution in [3.63, 3.8) is 0 Å². The van der Waals surface area contributed by atoms with Gasteiger partial charge in [-0.15, -0.1) is 16.4 Å². The van der Waals surface area contributed by atoms with Crippen LogP contribution < -0.4 is 15.8 Å². The first kappa shape index (κ1) is 35.7. The number of piperazine rings is 1. The molecule has 2 aliphatic heterocycles. The molecular weight excluding hydrogens is 699 g/mol. The largest absolute Gasteiger partial charge is 0.444 e. The van der Waals surface area contributed by atoms with E-state index in [9.17, 15) is 27.6 Å². The number of carbonyl (C=O) groups is 2. The number of nitrogens with one attached hydrogen (secondary N) is 1. The highest BCUT2D eigenvalue weighted by Gasteiger charge is 2.35. The first-order valence-corrected chi connectivity index (χ1v) is 17.4. The predicted molar refractivity (Wildman–Crippen MR) is 183 cm³/mol. The van der Waals surface area contributed by atoms with Crippen LogP contribution in [0.4, 0.5) is 29.3 Å². The van der Waals surface area contributed by atoms with Crippen molar-refractivity contribution in [1.82, 2.24) is 24.1 Å². The van der Waals surface area contributed by atoms with Crippen LogP contribution in [0.1, 0.15) is 56.3 Å². The van der Waals surface area contributed by atoms with Crippen LogP contribution >= 0.6 is 22.9 Å². The molecule has 1 N–H and O–H groups in total. The first-order chi connectivity index (χ1) is 23.5. The fraction of sp³-hybridized carbons (Fsp3) is 0.485. The fourth-order valence-electron chi connectivity index (χ4n) is 6.17. The molecule has 12 nitrogen and oxygen atoms in total. The molecule has 0 saturated carbocycles. The van der Waals surface area contributed by atoms with Crippen molar-refractivity contribution < 1.29 is 32.2 Å². The second kappa shape index (κ2) is 13.5. The van der Waals surface area contributed by atoms with Gasteiger partial charge in [0, 0.05) is 30.6 Å². The van der Waals surface area contributed by atoms with Crippen molar-refractivity contribution in [3.8, 4) is 10.7 Å². The van der Waals surface area contributed by atoms with Gasteiger partial charge in [0.15, 0.2) is 5.82 Å². The van der Waals surface area contributed by atoms with Crippen molar-refractivity contribution >= 4 is 52.1 Å². The lowest BCUT2D eigenvalue weighted by Gasteiger charge is -2.41. The molecule has 5 heterocycles. The summed E-state index contributed by atoms with van der Waals surface area (Å²) in [6.07, 6.45) is -3.98. The lowest BCUT2D eigenvalue weighted by Crippen LogP contribution is -2.56. The number of aromatic nitrogens is 4. The second-order valence-electron chi connectivity index (χ2n) is 13.3. The molecule has 4 aromatic rings. The van der Waals surface area contributed by atoms with E-state index in [2.05, 4.69) is 10.4 Å². The number of amides is 2. The number of halogens is 4. The van der Waals surface area contributed by atoms with Gasteiger partial charge in [0.1, 0.15) is 17.8 Å². The summed E-state index contributed by atoms with van der Waals surface area (Å²) in [6.45, 7) is 10.7. The molecule has 268 valence electrons. The molecule has 1 fully saturated rings. The predicted octanol–water partition coefficient (Wildman–Crippen LogP) is 6.01. The van der Waals surface area contributed by atoms with E-state index in [0.717, 1.165) is 39.9 Å². The Labute approximate surface area is 294 Å². The number of alkyl halides is 3. The number of rotatable bonds is 6. The number of hydrogen-bond donors (Lipinski definition) is 1. The number of thiophene rings is 1. The zero-order valence-electron chi connectivity index (χ0n) is 28.2. The van der Waals surface area contributed by atoms with Crippen LogP contribution in [0, 0.1) is 0 Å². The number of hydrogen-bond acceptors (Lipinski definition) is 9. The standard InChI is InChI=1S/C33H37ClF3N7O5S/c1-6-23-27(41-10-11-42(18(2)15-41)31(47)49-32(3,4)5)29(46)44-30(39-28(40-44)24-13-19-9-12-48-17-25(19)50-24)43(23)16-26(45)38-22-8-7-20(14-21(22)34)33(35,36)37/h7-8,13-14,18H,6,9-12,15-17H2,1-5H3,(H,38,45). The zero-order chi connectivity index (χ0) is 36.1. The Balaban J connectivity index is 1.40. The average molecular weight is 736 g/mol. The summed E-state index contributed by atoms with van der Waals surface area (Å²) in [4.78, 5) is 50.9. The number of nitrogens with zero attached hydrogens (tertiary/aromatic N) is 6. The van der Waals surface area contributed by atoms with E-state index >= 15 is 0 Å². The van der Waals surface area contributed by atoms with Gasteiger partial charge in [-0.1, -0.05) is 18.5 Å². The summed E-state index contributed by atoms with van der Waals surface area (Å²) < 4.78 is 53.6. The van der Waals surface area contributed by atoms with E-state index in [1.165, 1.54) is 15.9 Å². The van der Waals surface area contributed by atoms with Gasteiger partial charge in [-0.05, 0) is 70.4 Å². The normalized spacial score (nSPS) is 16.9. The van der Waals surface area contributed by atoms with Gasteiger partial charge in [-0.3, -0.25) is 9.59 Å². The van der Waals surface area contributed by atoms with Gasteiger partial charge < -0.3 is 29.2 Å². The molecule has 50 heavy (non-hydrogen) atoms. The van der Waals surface area contributed by atoms with Crippen LogP contribution in [0.3, 0.4) is 0 Å². The highest BCUT2D eigenvalue weighted by molar-refractivity contribution is 7.15. The molecule has 3 aromatic heterocycles. The van der Waals surface area contributed by atoms with Crippen LogP contribution in [0.25, 0.3) is 16.5 Å². The lowest BCUT2D eigenvalue weighted by atomic mass is 10.1. The van der Waals surface area contributed by atoms with Gasteiger partial charge in [0.25, 0.3) is 5.56 Å². The maximum absolute atomic E-state index is 14.3. The van der Waals surface area contributed by atoms with Crippen LogP contribution in [-0.2, 0) is 46.4 Å². The number of carbonyl (C=O) groups excluding carboxylic acids is 2. The highest BCUT2D eigenvalue weighted by Crippen LogP contribution is 2.35. The Hall–Kier alpha value is -4.15. The maximum Gasteiger partial charge on any atom is 0.416 e. The Morgan fingerprint density at radius 2 is 1.94 bits per heavy atom. The van der Waals surface area contributed by atoms with Crippen LogP contribution in [0.2, 0.25) is 5.02 Å². The molecule has 1 atom stereocenters. The van der Waals surface area contributed by atoms with Gasteiger partial charge in [0.2, 0.25) is 11.7 Å². The van der Waals surface area contributed by atoms with Crippen molar-refractivity contribution in [2.24, 2.45) is 0 Å². The van der Waals surface area contributed by atoms with E-state index in [0.29, 0.717) is 49.9 Å². The zero-order valence-corrected chi connectivity index (χ0v) is 29.8. The summed E-state index contributed by atoms with van der Waals surface area (Å²) in [5.74, 6) is -0.166. The number of benzene rings is 1. The molecule has 0 aliphatic carbocycles. The van der Waals surface area contributed by atoms with Gasteiger partial charge >= 0.3 is 12.3 Å². The molecule has 17 heteroatoms. The van der Waals surface area contributed by atoms with Crippen LogP contribution in [0.15, 0.2) is 29.1 Å². The van der Waals surface area contributed by atoms with Crippen molar-refractivity contribution in [2.75, 3.05) is 36.5 Å². The molecule has 1 unspecified atom stereocenters. The summed E-state index contributed by atoms with van der Waals surface area (Å²) in [5.41, 5.74) is -0.101. The Morgan fingerprint density at radius 1 is 1.18 bits per heavy atom. The van der Waals surface area contributed by atoms with Gasteiger partial charge in [0.05, 0.1) is 40.1 Å². The van der Waals surface area contributed by atoms with E-state index < -0.39 is 34.9 Å². The van der Waals surface area contributed by atoms with Crippen molar-refractivity contribution in [2.45, 2.75) is 78.4 Å². The quantitative estimate of drug-likeness (QED) is 0.256. The second-order valence-corrected chi connectivity index (χ2v) is 14.8. The smallest absolute Gasteiger partial charge is 0.416 e. The first-order valence-electron chi connectivity index (χ1n) is 16.2. The Kier molecular flexibility index (Phi) is 9.65. The molecule has 0 spiro atoms. The topological polar surface area (TPSA) is 123 Å². The molecule has 6 rings (SSSR count). The van der Waals surface area contributed by atoms with Crippen molar-refractivity contribution in [1.29, 1.82) is 0 Å². The van der Waals surface area contributed by atoms with E-state index in [4.69, 9.17) is 26.1 Å². The maximum atomic E-state index is 14.3. The minimum atomic E-state index is -4.60. The summed E-state index contributed by atoms with van der Waals surface area (Å²) in [7, 11) is 0. The molecule has 2 amide bonds. The van der Waals surface area contributed by atoms with Gasteiger partial charge in [-0.2, -0.15) is 22.7 Å². The van der Waals surface area contributed by atoms with Crippen molar-refractivity contribution in [3.05, 3.63) is 61.3 Å². The number of anilines is 2. The third kappa shape index (κ3) is 7.19.